The average molecular weight is 335 g/mol. The van der Waals surface area contributed by atoms with Gasteiger partial charge in [-0.2, -0.15) is 0 Å². The summed E-state index contributed by atoms with van der Waals surface area (Å²) >= 11 is 0. The highest BCUT2D eigenvalue weighted by Gasteiger charge is 2.10. The molecule has 0 aliphatic rings. The number of ether oxygens (including phenoxy) is 1. The number of carbonyl (C=O) groups is 1. The van der Waals surface area contributed by atoms with Crippen molar-refractivity contribution >= 4 is 5.78 Å². The third-order valence-corrected chi connectivity index (χ3v) is 4.05. The lowest BCUT2D eigenvalue weighted by molar-refractivity contribution is 0.0988. The number of aromatic nitrogens is 1. The smallest absolute Gasteiger partial charge is 0.226 e. The van der Waals surface area contributed by atoms with Crippen LogP contribution in [0.15, 0.2) is 53.1 Å². The predicted molar refractivity (Wildman–Crippen MR) is 96.8 cm³/mol. The number of Topliss-reactive ketones (excluding diaryl/α,β-unsaturated/α-hetero) is 1. The van der Waals surface area contributed by atoms with Gasteiger partial charge in [-0.3, -0.25) is 4.79 Å². The van der Waals surface area contributed by atoms with E-state index in [2.05, 4.69) is 18.0 Å². The van der Waals surface area contributed by atoms with Gasteiger partial charge in [-0.15, -0.1) is 0 Å². The molecule has 0 radical (unpaired) electrons. The molecular weight excluding hydrogens is 314 g/mol. The lowest BCUT2D eigenvalue weighted by Crippen LogP contribution is -1.98. The minimum absolute atomic E-state index is 0.126. The summed E-state index contributed by atoms with van der Waals surface area (Å²) in [6.45, 7) is 6.27. The zero-order chi connectivity index (χ0) is 17.8. The van der Waals surface area contributed by atoms with Gasteiger partial charge in [-0.05, 0) is 49.7 Å². The van der Waals surface area contributed by atoms with Gasteiger partial charge < -0.3 is 9.15 Å². The fourth-order valence-corrected chi connectivity index (χ4v) is 2.65. The quantitative estimate of drug-likeness (QED) is 0.586. The van der Waals surface area contributed by atoms with Gasteiger partial charge in [0, 0.05) is 17.5 Å². The van der Waals surface area contributed by atoms with Crippen molar-refractivity contribution < 1.29 is 13.9 Å². The van der Waals surface area contributed by atoms with Gasteiger partial charge in [0.2, 0.25) is 5.89 Å². The van der Waals surface area contributed by atoms with Crippen molar-refractivity contribution in [3.63, 3.8) is 0 Å². The van der Waals surface area contributed by atoms with Crippen LogP contribution in [0.2, 0.25) is 0 Å². The number of carbonyl (C=O) groups excluding carboxylic acids is 1. The van der Waals surface area contributed by atoms with Crippen molar-refractivity contribution in [1.82, 2.24) is 4.98 Å². The van der Waals surface area contributed by atoms with Crippen LogP contribution in [0.3, 0.4) is 0 Å². The molecule has 1 heterocycles. The first-order valence-electron chi connectivity index (χ1n) is 8.35. The Labute approximate surface area is 147 Å². The molecule has 4 heteroatoms. The zero-order valence-electron chi connectivity index (χ0n) is 14.7. The molecule has 4 nitrogen and oxygen atoms in total. The molecule has 0 aliphatic carbocycles. The summed E-state index contributed by atoms with van der Waals surface area (Å²) in [6.07, 6.45) is 2.12. The van der Waals surface area contributed by atoms with Crippen molar-refractivity contribution in [2.75, 3.05) is 0 Å². The minimum atomic E-state index is 0.126. The first-order chi connectivity index (χ1) is 12.1. The Balaban J connectivity index is 1.66. The van der Waals surface area contributed by atoms with E-state index in [0.717, 1.165) is 16.8 Å². The van der Waals surface area contributed by atoms with E-state index in [1.54, 1.807) is 30.5 Å². The van der Waals surface area contributed by atoms with Crippen molar-refractivity contribution in [2.45, 2.75) is 33.8 Å². The van der Waals surface area contributed by atoms with Crippen LogP contribution < -0.4 is 4.74 Å². The number of hydrogen-bond donors (Lipinski definition) is 0. The second-order valence-corrected chi connectivity index (χ2v) is 6.05. The van der Waals surface area contributed by atoms with Crippen molar-refractivity contribution in [1.29, 1.82) is 0 Å². The van der Waals surface area contributed by atoms with Crippen molar-refractivity contribution in [3.8, 4) is 17.2 Å². The molecule has 0 saturated heterocycles. The van der Waals surface area contributed by atoms with E-state index in [-0.39, 0.29) is 5.78 Å². The van der Waals surface area contributed by atoms with Gasteiger partial charge in [0.25, 0.3) is 0 Å². The number of nitrogens with zero attached hydrogens (tertiary/aromatic N) is 1. The molecule has 0 saturated carbocycles. The molecule has 0 unspecified atom stereocenters. The van der Waals surface area contributed by atoms with E-state index in [0.29, 0.717) is 30.2 Å². The van der Waals surface area contributed by atoms with E-state index in [4.69, 9.17) is 9.15 Å². The number of rotatable bonds is 6. The Kier molecular flexibility index (Phi) is 4.98. The SMILES string of the molecule is CCC(=O)c1ccc(OCc2coc(-c3ccc(C)cc3C)n2)cc1. The largest absolute Gasteiger partial charge is 0.487 e. The van der Waals surface area contributed by atoms with Crippen LogP contribution in [-0.2, 0) is 6.61 Å². The van der Waals surface area contributed by atoms with Crippen molar-refractivity contribution in [2.24, 2.45) is 0 Å². The van der Waals surface area contributed by atoms with Gasteiger partial charge in [-0.1, -0.05) is 24.6 Å². The first-order valence-corrected chi connectivity index (χ1v) is 8.35. The average Bonchev–Trinajstić information content (AvgIpc) is 3.08. The molecule has 3 rings (SSSR count). The number of oxazole rings is 1. The van der Waals surface area contributed by atoms with Crippen LogP contribution in [-0.4, -0.2) is 10.8 Å². The molecule has 0 aliphatic heterocycles. The molecule has 1 aromatic heterocycles. The van der Waals surface area contributed by atoms with Crippen LogP contribution >= 0.6 is 0 Å². The van der Waals surface area contributed by atoms with Crippen LogP contribution in [0.25, 0.3) is 11.5 Å². The summed E-state index contributed by atoms with van der Waals surface area (Å²) in [5, 5.41) is 0. The molecule has 0 fully saturated rings. The maximum absolute atomic E-state index is 11.6. The number of hydrogen-bond acceptors (Lipinski definition) is 4. The molecule has 0 N–H and O–H groups in total. The Morgan fingerprint density at radius 1 is 1.12 bits per heavy atom. The topological polar surface area (TPSA) is 52.3 Å². The number of benzene rings is 2. The summed E-state index contributed by atoms with van der Waals surface area (Å²) in [5.74, 6) is 1.42. The Morgan fingerprint density at radius 3 is 2.56 bits per heavy atom. The van der Waals surface area contributed by atoms with E-state index < -0.39 is 0 Å². The molecule has 3 aromatic rings. The first kappa shape index (κ1) is 17.0. The number of aryl methyl sites for hydroxylation is 2. The second kappa shape index (κ2) is 7.34. The third kappa shape index (κ3) is 3.97. The molecule has 0 spiro atoms. The number of ketones is 1. The minimum Gasteiger partial charge on any atom is -0.487 e. The lowest BCUT2D eigenvalue weighted by atomic mass is 10.1. The monoisotopic (exact) mass is 335 g/mol. The summed E-state index contributed by atoms with van der Waals surface area (Å²) in [5.41, 5.74) is 4.75. The van der Waals surface area contributed by atoms with Crippen molar-refractivity contribution in [3.05, 3.63) is 71.1 Å². The van der Waals surface area contributed by atoms with E-state index in [1.165, 1.54) is 5.56 Å². The predicted octanol–water partition coefficient (Wildman–Crippen LogP) is 5.13. The molecule has 0 amide bonds. The van der Waals surface area contributed by atoms with Gasteiger partial charge in [0.1, 0.15) is 24.3 Å². The van der Waals surface area contributed by atoms with Crippen LogP contribution in [0, 0.1) is 13.8 Å². The Morgan fingerprint density at radius 2 is 1.88 bits per heavy atom. The van der Waals surface area contributed by atoms with E-state index in [9.17, 15) is 4.79 Å². The maximum atomic E-state index is 11.6. The molecule has 0 atom stereocenters. The Hall–Kier alpha value is -2.88. The highest BCUT2D eigenvalue weighted by atomic mass is 16.5. The lowest BCUT2D eigenvalue weighted by Gasteiger charge is -2.05. The van der Waals surface area contributed by atoms with Crippen LogP contribution in [0.1, 0.15) is 40.5 Å². The van der Waals surface area contributed by atoms with Gasteiger partial charge in [-0.25, -0.2) is 4.98 Å². The van der Waals surface area contributed by atoms with E-state index in [1.807, 2.05) is 26.0 Å². The standard InChI is InChI=1S/C21H21NO3/c1-4-20(23)16-6-8-18(9-7-16)24-12-17-13-25-21(22-17)19-10-5-14(2)11-15(19)3/h5-11,13H,4,12H2,1-3H3. The molecule has 128 valence electrons. The normalized spacial score (nSPS) is 10.7. The summed E-state index contributed by atoms with van der Waals surface area (Å²) < 4.78 is 11.3. The second-order valence-electron chi connectivity index (χ2n) is 6.05. The van der Waals surface area contributed by atoms with Gasteiger partial charge >= 0.3 is 0 Å². The van der Waals surface area contributed by atoms with Gasteiger partial charge in [0.05, 0.1) is 0 Å². The highest BCUT2D eigenvalue weighted by Crippen LogP contribution is 2.24. The maximum Gasteiger partial charge on any atom is 0.226 e. The summed E-state index contributed by atoms with van der Waals surface area (Å²) in [6, 6.07) is 13.3. The molecular formula is C21H21NO3. The molecule has 2 aromatic carbocycles. The summed E-state index contributed by atoms with van der Waals surface area (Å²) in [7, 11) is 0. The summed E-state index contributed by atoms with van der Waals surface area (Å²) in [4.78, 5) is 16.1. The fraction of sp³-hybridized carbons (Fsp3) is 0.238. The third-order valence-electron chi connectivity index (χ3n) is 4.05. The van der Waals surface area contributed by atoms with Gasteiger partial charge in [0.15, 0.2) is 5.78 Å². The molecule has 25 heavy (non-hydrogen) atoms. The molecule has 0 bridgehead atoms. The Bertz CT molecular complexity index is 878. The van der Waals surface area contributed by atoms with E-state index >= 15 is 0 Å². The van der Waals surface area contributed by atoms with Crippen LogP contribution in [0.5, 0.6) is 5.75 Å². The highest BCUT2D eigenvalue weighted by molar-refractivity contribution is 5.95. The van der Waals surface area contributed by atoms with Crippen LogP contribution in [0.4, 0.5) is 0 Å². The zero-order valence-corrected chi connectivity index (χ0v) is 14.7. The fourth-order valence-electron chi connectivity index (χ4n) is 2.65.